The number of benzene rings is 2. The van der Waals surface area contributed by atoms with E-state index in [-0.39, 0.29) is 11.1 Å². The Hall–Kier alpha value is -3.91. The van der Waals surface area contributed by atoms with Crippen LogP contribution in [-0.4, -0.2) is 26.3 Å². The molecule has 0 unspecified atom stereocenters. The Morgan fingerprint density at radius 1 is 1.03 bits per heavy atom. The molecule has 0 bridgehead atoms. The maximum absolute atomic E-state index is 12.9. The molecule has 2 heterocycles. The van der Waals surface area contributed by atoms with Crippen LogP contribution in [0, 0.1) is 6.92 Å². The molecule has 2 N–H and O–H groups in total. The SMILES string of the molecule is CC1=NN(c2ccc(Cl)cc2)C(=O)/C1=C\c1c(O)n(-c2cccc(C)c2)c(=O)[nH]c1=O. The summed E-state index contributed by atoms with van der Waals surface area (Å²) in [4.78, 5) is 39.9. The number of anilines is 1. The molecule has 0 saturated carbocycles. The average Bonchev–Trinajstić information content (AvgIpc) is 2.99. The van der Waals surface area contributed by atoms with Crippen molar-refractivity contribution in [2.75, 3.05) is 5.01 Å². The standard InChI is InChI=1S/C22H17ClN4O4/c1-12-4-3-5-16(10-12)26-20(29)18(19(28)24-22(26)31)11-17-13(2)25-27(21(17)30)15-8-6-14(23)7-9-15/h3-11,29H,1-2H3,(H,24,28,31)/b17-11-. The van der Waals surface area contributed by atoms with Crippen molar-refractivity contribution >= 4 is 35.0 Å². The number of halogens is 1. The van der Waals surface area contributed by atoms with Crippen LogP contribution < -0.4 is 16.3 Å². The molecule has 1 aromatic heterocycles. The van der Waals surface area contributed by atoms with E-state index in [1.807, 2.05) is 13.0 Å². The van der Waals surface area contributed by atoms with E-state index in [1.54, 1.807) is 49.4 Å². The minimum Gasteiger partial charge on any atom is -0.494 e. The lowest BCUT2D eigenvalue weighted by Gasteiger charge is -2.12. The van der Waals surface area contributed by atoms with Gasteiger partial charge in [-0.3, -0.25) is 14.6 Å². The second-order valence-corrected chi connectivity index (χ2v) is 7.44. The molecule has 31 heavy (non-hydrogen) atoms. The third kappa shape index (κ3) is 3.69. The fourth-order valence-corrected chi connectivity index (χ4v) is 3.39. The number of rotatable bonds is 3. The van der Waals surface area contributed by atoms with Crippen molar-refractivity contribution in [2.24, 2.45) is 5.10 Å². The van der Waals surface area contributed by atoms with Crippen LogP contribution in [0.5, 0.6) is 5.88 Å². The molecule has 0 atom stereocenters. The number of aromatic amines is 1. The van der Waals surface area contributed by atoms with Crippen molar-refractivity contribution < 1.29 is 9.90 Å². The topological polar surface area (TPSA) is 108 Å². The van der Waals surface area contributed by atoms with E-state index in [2.05, 4.69) is 10.1 Å². The minimum atomic E-state index is -0.815. The molecule has 1 amide bonds. The van der Waals surface area contributed by atoms with Crippen LogP contribution in [0.4, 0.5) is 5.69 Å². The van der Waals surface area contributed by atoms with Crippen molar-refractivity contribution in [3.05, 3.63) is 91.1 Å². The van der Waals surface area contributed by atoms with Gasteiger partial charge >= 0.3 is 5.69 Å². The Morgan fingerprint density at radius 3 is 2.42 bits per heavy atom. The van der Waals surface area contributed by atoms with Gasteiger partial charge in [0.15, 0.2) is 0 Å². The largest absolute Gasteiger partial charge is 0.494 e. The Bertz CT molecular complexity index is 1380. The van der Waals surface area contributed by atoms with Crippen molar-refractivity contribution in [3.8, 4) is 11.6 Å². The summed E-state index contributed by atoms with van der Waals surface area (Å²) in [6.07, 6.45) is 1.23. The van der Waals surface area contributed by atoms with Crippen molar-refractivity contribution in [3.63, 3.8) is 0 Å². The zero-order chi connectivity index (χ0) is 22.3. The molecule has 1 aliphatic rings. The molecule has 0 radical (unpaired) electrons. The van der Waals surface area contributed by atoms with Gasteiger partial charge in [-0.15, -0.1) is 0 Å². The molecular weight excluding hydrogens is 420 g/mol. The number of aromatic hydroxyl groups is 1. The molecule has 0 saturated heterocycles. The molecule has 0 aliphatic carbocycles. The predicted molar refractivity (Wildman–Crippen MR) is 119 cm³/mol. The van der Waals surface area contributed by atoms with Crippen LogP contribution in [0.2, 0.25) is 5.02 Å². The maximum atomic E-state index is 12.9. The van der Waals surface area contributed by atoms with Gasteiger partial charge in [-0.1, -0.05) is 23.7 Å². The van der Waals surface area contributed by atoms with Gasteiger partial charge in [0.2, 0.25) is 5.88 Å². The summed E-state index contributed by atoms with van der Waals surface area (Å²) in [6.45, 7) is 3.45. The molecule has 1 aliphatic heterocycles. The van der Waals surface area contributed by atoms with Crippen LogP contribution >= 0.6 is 11.6 Å². The van der Waals surface area contributed by atoms with Gasteiger partial charge in [-0.2, -0.15) is 10.1 Å². The van der Waals surface area contributed by atoms with E-state index in [4.69, 9.17) is 11.6 Å². The molecule has 8 nitrogen and oxygen atoms in total. The number of carbonyl (C=O) groups is 1. The monoisotopic (exact) mass is 436 g/mol. The van der Waals surface area contributed by atoms with E-state index in [9.17, 15) is 19.5 Å². The average molecular weight is 437 g/mol. The first kappa shape index (κ1) is 20.4. The minimum absolute atomic E-state index is 0.116. The third-order valence-corrected chi connectivity index (χ3v) is 5.06. The predicted octanol–water partition coefficient (Wildman–Crippen LogP) is 3.00. The highest BCUT2D eigenvalue weighted by molar-refractivity contribution is 6.32. The smallest absolute Gasteiger partial charge is 0.335 e. The summed E-state index contributed by atoms with van der Waals surface area (Å²) in [5.74, 6) is -1.05. The van der Waals surface area contributed by atoms with E-state index in [0.717, 1.165) is 10.1 Å². The van der Waals surface area contributed by atoms with Gasteiger partial charge in [-0.25, -0.2) is 9.36 Å². The number of nitrogens with one attached hydrogen (secondary N) is 1. The lowest BCUT2D eigenvalue weighted by Crippen LogP contribution is -2.30. The van der Waals surface area contributed by atoms with Gasteiger partial charge in [-0.05, 0) is 61.9 Å². The number of H-pyrrole nitrogens is 1. The zero-order valence-corrected chi connectivity index (χ0v) is 17.3. The van der Waals surface area contributed by atoms with E-state index in [1.165, 1.54) is 11.1 Å². The number of carbonyl (C=O) groups excluding carboxylic acids is 1. The quantitative estimate of drug-likeness (QED) is 0.615. The lowest BCUT2D eigenvalue weighted by molar-refractivity contribution is -0.114. The number of hydrogen-bond acceptors (Lipinski definition) is 5. The molecule has 156 valence electrons. The van der Waals surface area contributed by atoms with Gasteiger partial charge in [0.05, 0.1) is 22.7 Å². The van der Waals surface area contributed by atoms with Crippen LogP contribution in [0.25, 0.3) is 11.8 Å². The summed E-state index contributed by atoms with van der Waals surface area (Å²) < 4.78 is 0.976. The van der Waals surface area contributed by atoms with Crippen LogP contribution in [0.3, 0.4) is 0 Å². The Labute approximate surface area is 181 Å². The molecule has 4 rings (SSSR count). The fourth-order valence-electron chi connectivity index (χ4n) is 3.26. The van der Waals surface area contributed by atoms with Crippen LogP contribution in [-0.2, 0) is 4.79 Å². The lowest BCUT2D eigenvalue weighted by atomic mass is 10.1. The van der Waals surface area contributed by atoms with Gasteiger partial charge < -0.3 is 5.11 Å². The Kier molecular flexibility index (Phi) is 5.08. The summed E-state index contributed by atoms with van der Waals surface area (Å²) >= 11 is 5.90. The van der Waals surface area contributed by atoms with Crippen molar-refractivity contribution in [1.82, 2.24) is 9.55 Å². The second kappa shape index (κ2) is 7.73. The zero-order valence-electron chi connectivity index (χ0n) is 16.6. The first-order valence-electron chi connectivity index (χ1n) is 9.29. The van der Waals surface area contributed by atoms with E-state index >= 15 is 0 Å². The molecular formula is C22H17ClN4O4. The maximum Gasteiger partial charge on any atom is 0.335 e. The molecule has 9 heteroatoms. The number of hydrazone groups is 1. The Morgan fingerprint density at radius 2 is 1.74 bits per heavy atom. The van der Waals surface area contributed by atoms with Gasteiger partial charge in [0.25, 0.3) is 11.5 Å². The van der Waals surface area contributed by atoms with Crippen LogP contribution in [0.1, 0.15) is 18.1 Å². The van der Waals surface area contributed by atoms with Gasteiger partial charge in [0, 0.05) is 5.02 Å². The number of nitrogens with zero attached hydrogens (tertiary/aromatic N) is 3. The second-order valence-electron chi connectivity index (χ2n) is 7.01. The molecule has 3 aromatic rings. The normalized spacial score (nSPS) is 14.9. The summed E-state index contributed by atoms with van der Waals surface area (Å²) in [5, 5.41) is 16.7. The molecule has 0 fully saturated rings. The molecule has 0 spiro atoms. The summed E-state index contributed by atoms with van der Waals surface area (Å²) in [6, 6.07) is 13.4. The first-order valence-corrected chi connectivity index (χ1v) is 9.66. The summed E-state index contributed by atoms with van der Waals surface area (Å²) in [7, 11) is 0. The highest BCUT2D eigenvalue weighted by Crippen LogP contribution is 2.27. The third-order valence-electron chi connectivity index (χ3n) is 4.80. The number of aromatic nitrogens is 2. The van der Waals surface area contributed by atoms with Crippen molar-refractivity contribution in [1.29, 1.82) is 0 Å². The van der Waals surface area contributed by atoms with Crippen molar-refractivity contribution in [2.45, 2.75) is 13.8 Å². The number of hydrogen-bond donors (Lipinski definition) is 2. The van der Waals surface area contributed by atoms with Gasteiger partial charge in [0.1, 0.15) is 5.56 Å². The Balaban J connectivity index is 1.82. The van der Waals surface area contributed by atoms with E-state index in [0.29, 0.717) is 22.1 Å². The summed E-state index contributed by atoms with van der Waals surface area (Å²) in [5.41, 5.74) is 0.381. The van der Waals surface area contributed by atoms with Crippen LogP contribution in [0.15, 0.2) is 68.8 Å². The highest BCUT2D eigenvalue weighted by atomic mass is 35.5. The number of amides is 1. The molecule has 2 aromatic carbocycles. The fraction of sp³-hybridized carbons (Fsp3) is 0.0909. The van der Waals surface area contributed by atoms with E-state index < -0.39 is 23.0 Å². The number of aryl methyl sites for hydroxylation is 1. The highest BCUT2D eigenvalue weighted by Gasteiger charge is 2.29. The first-order chi connectivity index (χ1) is 14.8.